The number of nitrogens with zero attached hydrogens (tertiary/aromatic N) is 1. The van der Waals surface area contributed by atoms with Gasteiger partial charge in [0.25, 0.3) is 5.91 Å². The Labute approximate surface area is 184 Å². The summed E-state index contributed by atoms with van der Waals surface area (Å²) >= 11 is 5.95. The van der Waals surface area contributed by atoms with Crippen molar-refractivity contribution in [3.63, 3.8) is 0 Å². The average Bonchev–Trinajstić information content (AvgIpc) is 3.03. The zero-order chi connectivity index (χ0) is 22.5. The van der Waals surface area contributed by atoms with Crippen LogP contribution in [0.1, 0.15) is 28.5 Å². The highest BCUT2D eigenvalue weighted by Gasteiger charge is 2.22. The fourth-order valence-electron chi connectivity index (χ4n) is 3.40. The first-order valence-electron chi connectivity index (χ1n) is 9.76. The third-order valence-electron chi connectivity index (χ3n) is 4.91. The summed E-state index contributed by atoms with van der Waals surface area (Å²) < 4.78 is 11.7. The van der Waals surface area contributed by atoms with E-state index in [-0.39, 0.29) is 31.4 Å². The molecular weight excluding hydrogens is 420 g/mol. The van der Waals surface area contributed by atoms with Crippen molar-refractivity contribution < 1.29 is 23.9 Å². The van der Waals surface area contributed by atoms with Crippen LogP contribution in [0.25, 0.3) is 10.9 Å². The number of carbonyl (C=O) groups is 3. The minimum Gasteiger partial charge on any atom is -0.497 e. The van der Waals surface area contributed by atoms with E-state index in [1.165, 1.54) is 0 Å². The normalized spacial score (nSPS) is 10.7. The minimum atomic E-state index is -0.505. The summed E-state index contributed by atoms with van der Waals surface area (Å²) in [5.41, 5.74) is 2.44. The summed E-state index contributed by atoms with van der Waals surface area (Å²) in [5, 5.41) is 3.82. The number of esters is 1. The van der Waals surface area contributed by atoms with Crippen LogP contribution in [-0.2, 0) is 20.7 Å². The van der Waals surface area contributed by atoms with E-state index in [4.69, 9.17) is 21.1 Å². The Balaban J connectivity index is 1.99. The second-order valence-corrected chi connectivity index (χ2v) is 7.29. The Hall–Kier alpha value is -3.32. The first kappa shape index (κ1) is 22.4. The van der Waals surface area contributed by atoms with Crippen LogP contribution in [0, 0.1) is 6.92 Å². The van der Waals surface area contributed by atoms with E-state index in [1.54, 1.807) is 68.0 Å². The molecule has 3 aromatic rings. The molecule has 0 bridgehead atoms. The van der Waals surface area contributed by atoms with E-state index < -0.39 is 5.97 Å². The molecule has 0 saturated carbocycles. The Kier molecular flexibility index (Phi) is 6.97. The molecule has 0 atom stereocenters. The Morgan fingerprint density at radius 3 is 2.45 bits per heavy atom. The number of ether oxygens (including phenoxy) is 2. The highest BCUT2D eigenvalue weighted by Crippen LogP contribution is 2.30. The van der Waals surface area contributed by atoms with Gasteiger partial charge >= 0.3 is 5.97 Å². The number of methoxy groups -OCH3 is 1. The monoisotopic (exact) mass is 442 g/mol. The summed E-state index contributed by atoms with van der Waals surface area (Å²) in [6.45, 7) is 3.52. The van der Waals surface area contributed by atoms with E-state index >= 15 is 0 Å². The molecule has 2 aromatic carbocycles. The number of halogens is 1. The van der Waals surface area contributed by atoms with Crippen molar-refractivity contribution in [2.45, 2.75) is 20.3 Å². The predicted octanol–water partition coefficient (Wildman–Crippen LogP) is 3.52. The molecule has 0 radical (unpaired) electrons. The molecule has 1 N–H and O–H groups in total. The number of carbonyl (C=O) groups excluding carboxylic acids is 3. The fraction of sp³-hybridized carbons (Fsp3) is 0.261. The summed E-state index contributed by atoms with van der Waals surface area (Å²) in [6.07, 6.45) is -0.00416. The molecule has 1 amide bonds. The predicted molar refractivity (Wildman–Crippen MR) is 118 cm³/mol. The third-order valence-corrected chi connectivity index (χ3v) is 5.16. The smallest absolute Gasteiger partial charge is 0.325 e. The first-order valence-corrected chi connectivity index (χ1v) is 10.1. The third kappa shape index (κ3) is 4.88. The number of benzene rings is 2. The number of hydrogen-bond acceptors (Lipinski definition) is 5. The van der Waals surface area contributed by atoms with Crippen LogP contribution in [0.15, 0.2) is 42.5 Å². The highest BCUT2D eigenvalue weighted by molar-refractivity contribution is 6.30. The van der Waals surface area contributed by atoms with Crippen LogP contribution in [0.5, 0.6) is 5.75 Å². The van der Waals surface area contributed by atoms with Crippen molar-refractivity contribution in [3.05, 3.63) is 64.3 Å². The molecule has 8 heteroatoms. The van der Waals surface area contributed by atoms with Gasteiger partial charge in [0, 0.05) is 21.7 Å². The largest absolute Gasteiger partial charge is 0.497 e. The summed E-state index contributed by atoms with van der Waals surface area (Å²) in [5.74, 6) is -0.481. The van der Waals surface area contributed by atoms with Gasteiger partial charge in [-0.25, -0.2) is 0 Å². The van der Waals surface area contributed by atoms with Gasteiger partial charge in [0.1, 0.15) is 12.3 Å². The lowest BCUT2D eigenvalue weighted by molar-refractivity contribution is -0.143. The molecule has 7 nitrogen and oxygen atoms in total. The lowest BCUT2D eigenvalue weighted by atomic mass is 10.1. The molecular formula is C23H23ClN2O5. The molecule has 162 valence electrons. The Morgan fingerprint density at radius 1 is 1.10 bits per heavy atom. The van der Waals surface area contributed by atoms with E-state index in [0.717, 1.165) is 5.39 Å². The van der Waals surface area contributed by atoms with Gasteiger partial charge in [-0.2, -0.15) is 0 Å². The molecule has 0 unspecified atom stereocenters. The van der Waals surface area contributed by atoms with Crippen molar-refractivity contribution >= 4 is 40.3 Å². The topological polar surface area (TPSA) is 86.6 Å². The van der Waals surface area contributed by atoms with Crippen LogP contribution < -0.4 is 10.1 Å². The minimum absolute atomic E-state index is 0.00416. The van der Waals surface area contributed by atoms with E-state index in [2.05, 4.69) is 5.32 Å². The maximum Gasteiger partial charge on any atom is 0.325 e. The molecule has 1 aromatic heterocycles. The Bertz CT molecular complexity index is 1140. The van der Waals surface area contributed by atoms with Gasteiger partial charge in [-0.1, -0.05) is 11.6 Å². The van der Waals surface area contributed by atoms with Crippen LogP contribution >= 0.6 is 11.6 Å². The lowest BCUT2D eigenvalue weighted by Crippen LogP contribution is -2.31. The summed E-state index contributed by atoms with van der Waals surface area (Å²) in [4.78, 5) is 37.3. The van der Waals surface area contributed by atoms with Gasteiger partial charge in [-0.3, -0.25) is 19.0 Å². The second-order valence-electron chi connectivity index (χ2n) is 6.85. The maximum absolute atomic E-state index is 13.3. The molecule has 0 aliphatic rings. The quantitative estimate of drug-likeness (QED) is 0.566. The van der Waals surface area contributed by atoms with Crippen molar-refractivity contribution in [1.29, 1.82) is 0 Å². The molecule has 0 fully saturated rings. The summed E-state index contributed by atoms with van der Waals surface area (Å²) in [7, 11) is 1.55. The zero-order valence-corrected chi connectivity index (χ0v) is 18.3. The van der Waals surface area contributed by atoms with Crippen molar-refractivity contribution in [2.75, 3.05) is 20.3 Å². The van der Waals surface area contributed by atoms with Gasteiger partial charge in [0.05, 0.1) is 25.7 Å². The van der Waals surface area contributed by atoms with Crippen LogP contribution in [0.4, 0.5) is 0 Å². The highest BCUT2D eigenvalue weighted by atomic mass is 35.5. The van der Waals surface area contributed by atoms with Gasteiger partial charge in [0.2, 0.25) is 5.91 Å². The number of aromatic nitrogens is 1. The van der Waals surface area contributed by atoms with Gasteiger partial charge in [0.15, 0.2) is 0 Å². The van der Waals surface area contributed by atoms with E-state index in [9.17, 15) is 14.4 Å². The SMILES string of the molecule is CCOC(=O)CNC(=O)Cc1c(C)n(C(=O)c2ccc(Cl)cc2)c2ccc(OC)cc12. The van der Waals surface area contributed by atoms with Gasteiger partial charge < -0.3 is 14.8 Å². The average molecular weight is 443 g/mol. The molecule has 3 rings (SSSR count). The number of hydrogen-bond donors (Lipinski definition) is 1. The standard InChI is InChI=1S/C23H23ClN2O5/c1-4-31-22(28)13-25-21(27)12-18-14(2)26(20-10-9-17(30-3)11-19(18)20)23(29)15-5-7-16(24)8-6-15/h5-11H,4,12-13H2,1-3H3,(H,25,27). The van der Waals surface area contributed by atoms with Crippen molar-refractivity contribution in [1.82, 2.24) is 9.88 Å². The van der Waals surface area contributed by atoms with Crippen molar-refractivity contribution in [3.8, 4) is 5.75 Å². The fourth-order valence-corrected chi connectivity index (χ4v) is 3.53. The second kappa shape index (κ2) is 9.66. The van der Waals surface area contributed by atoms with Crippen LogP contribution in [-0.4, -0.2) is 42.6 Å². The zero-order valence-electron chi connectivity index (χ0n) is 17.5. The van der Waals surface area contributed by atoms with Crippen LogP contribution in [0.3, 0.4) is 0 Å². The number of amides is 1. The summed E-state index contributed by atoms with van der Waals surface area (Å²) in [6, 6.07) is 12.0. The molecule has 1 heterocycles. The molecule has 0 saturated heterocycles. The number of fused-ring (bicyclic) bond motifs is 1. The van der Waals surface area contributed by atoms with Crippen LogP contribution in [0.2, 0.25) is 5.02 Å². The lowest BCUT2D eigenvalue weighted by Gasteiger charge is -2.08. The maximum atomic E-state index is 13.3. The van der Waals surface area contributed by atoms with Crippen molar-refractivity contribution in [2.24, 2.45) is 0 Å². The van der Waals surface area contributed by atoms with E-state index in [1.807, 2.05) is 0 Å². The van der Waals surface area contributed by atoms with Gasteiger partial charge in [-0.05, 0) is 61.9 Å². The molecule has 0 spiro atoms. The number of nitrogens with one attached hydrogen (secondary N) is 1. The van der Waals surface area contributed by atoms with Gasteiger partial charge in [-0.15, -0.1) is 0 Å². The molecule has 0 aliphatic heterocycles. The van der Waals surface area contributed by atoms with E-state index in [0.29, 0.717) is 33.1 Å². The first-order chi connectivity index (χ1) is 14.8. The molecule has 0 aliphatic carbocycles. The Morgan fingerprint density at radius 2 is 1.81 bits per heavy atom. The number of rotatable bonds is 7. The molecule has 31 heavy (non-hydrogen) atoms.